The van der Waals surface area contributed by atoms with Crippen molar-refractivity contribution in [1.82, 2.24) is 9.80 Å². The molecule has 1 atom stereocenters. The first kappa shape index (κ1) is 15.4. The van der Waals surface area contributed by atoms with Gasteiger partial charge in [0.1, 0.15) is 0 Å². The van der Waals surface area contributed by atoms with E-state index in [1.807, 2.05) is 22.4 Å². The van der Waals surface area contributed by atoms with Gasteiger partial charge in [0, 0.05) is 31.1 Å². The summed E-state index contributed by atoms with van der Waals surface area (Å²) in [6.45, 7) is 5.34. The number of nitrogens with zero attached hydrogens (tertiary/aromatic N) is 2. The van der Waals surface area contributed by atoms with Crippen LogP contribution >= 0.6 is 23.6 Å². The number of hydrogen-bond acceptors (Lipinski definition) is 4. The van der Waals surface area contributed by atoms with Crippen LogP contribution in [0.5, 0.6) is 0 Å². The minimum Gasteiger partial charge on any atom is -0.392 e. The predicted molar refractivity (Wildman–Crippen MR) is 87.0 cm³/mol. The first-order valence-electron chi connectivity index (χ1n) is 6.95. The van der Waals surface area contributed by atoms with Gasteiger partial charge in [-0.05, 0) is 17.9 Å². The van der Waals surface area contributed by atoms with Crippen molar-refractivity contribution in [2.45, 2.75) is 25.8 Å². The lowest BCUT2D eigenvalue weighted by molar-refractivity contribution is -0.132. The molecule has 1 unspecified atom stereocenters. The van der Waals surface area contributed by atoms with Gasteiger partial charge in [0.05, 0.1) is 17.5 Å². The Morgan fingerprint density at radius 1 is 1.45 bits per heavy atom. The largest absolute Gasteiger partial charge is 0.392 e. The number of hydrogen-bond donors (Lipinski definition) is 1. The molecule has 110 valence electrons. The molecule has 1 aliphatic rings. The fourth-order valence-electron chi connectivity index (χ4n) is 2.60. The summed E-state index contributed by atoms with van der Waals surface area (Å²) in [5.74, 6) is 0.218. The van der Waals surface area contributed by atoms with Crippen molar-refractivity contribution in [1.29, 1.82) is 0 Å². The van der Waals surface area contributed by atoms with E-state index in [1.54, 1.807) is 11.3 Å². The SMILES string of the molecule is CCC(C(N)=S)N1CCN(C(=O)Cc2cccs2)CC1. The predicted octanol–water partition coefficient (Wildman–Crippen LogP) is 1.50. The van der Waals surface area contributed by atoms with E-state index in [0.29, 0.717) is 11.4 Å². The standard InChI is InChI=1S/C14H21N3OS2/c1-2-12(14(15)19)16-5-7-17(8-6-16)13(18)10-11-4-3-9-20-11/h3-4,9,12H,2,5-8,10H2,1H3,(H2,15,19). The molecule has 1 aliphatic heterocycles. The maximum Gasteiger partial charge on any atom is 0.227 e. The molecule has 0 radical (unpaired) electrons. The Balaban J connectivity index is 1.84. The Bertz CT molecular complexity index is 453. The third-order valence-electron chi connectivity index (χ3n) is 3.73. The van der Waals surface area contributed by atoms with Crippen LogP contribution in [0.3, 0.4) is 0 Å². The van der Waals surface area contributed by atoms with Crippen LogP contribution in [0.25, 0.3) is 0 Å². The van der Waals surface area contributed by atoms with E-state index in [4.69, 9.17) is 18.0 Å². The van der Waals surface area contributed by atoms with E-state index in [9.17, 15) is 4.79 Å². The summed E-state index contributed by atoms with van der Waals surface area (Å²) >= 11 is 6.75. The summed E-state index contributed by atoms with van der Waals surface area (Å²) in [5, 5.41) is 2.01. The fraction of sp³-hybridized carbons (Fsp3) is 0.571. The molecular weight excluding hydrogens is 290 g/mol. The third kappa shape index (κ3) is 3.77. The highest BCUT2D eigenvalue weighted by atomic mass is 32.1. The molecule has 2 N–H and O–H groups in total. The normalized spacial score (nSPS) is 17.9. The molecular formula is C14H21N3OS2. The van der Waals surface area contributed by atoms with Crippen LogP contribution in [0.15, 0.2) is 17.5 Å². The Kier molecular flexibility index (Phi) is 5.51. The number of nitrogens with two attached hydrogens (primary N) is 1. The van der Waals surface area contributed by atoms with E-state index in [-0.39, 0.29) is 11.9 Å². The van der Waals surface area contributed by atoms with Crippen LogP contribution in [0.1, 0.15) is 18.2 Å². The van der Waals surface area contributed by atoms with Gasteiger partial charge in [-0.1, -0.05) is 25.2 Å². The molecule has 1 fully saturated rings. The second kappa shape index (κ2) is 7.15. The molecule has 0 aromatic carbocycles. The third-order valence-corrected chi connectivity index (χ3v) is 4.88. The quantitative estimate of drug-likeness (QED) is 0.837. The molecule has 1 amide bonds. The van der Waals surface area contributed by atoms with Crippen LogP contribution in [0.4, 0.5) is 0 Å². The molecule has 4 nitrogen and oxygen atoms in total. The molecule has 1 aromatic heterocycles. The van der Waals surface area contributed by atoms with Crippen LogP contribution < -0.4 is 5.73 Å². The van der Waals surface area contributed by atoms with Crippen LogP contribution in [0.2, 0.25) is 0 Å². The highest BCUT2D eigenvalue weighted by Crippen LogP contribution is 2.14. The lowest BCUT2D eigenvalue weighted by atomic mass is 10.1. The molecule has 0 saturated carbocycles. The maximum absolute atomic E-state index is 12.2. The van der Waals surface area contributed by atoms with Crippen molar-refractivity contribution in [2.24, 2.45) is 5.73 Å². The van der Waals surface area contributed by atoms with E-state index in [1.165, 1.54) is 0 Å². The molecule has 2 rings (SSSR count). The van der Waals surface area contributed by atoms with Crippen LogP contribution in [-0.4, -0.2) is 52.9 Å². The van der Waals surface area contributed by atoms with Gasteiger partial charge in [-0.3, -0.25) is 9.69 Å². The molecule has 20 heavy (non-hydrogen) atoms. The minimum atomic E-state index is 0.166. The zero-order valence-corrected chi connectivity index (χ0v) is 13.4. The van der Waals surface area contributed by atoms with E-state index < -0.39 is 0 Å². The van der Waals surface area contributed by atoms with Crippen molar-refractivity contribution in [3.8, 4) is 0 Å². The number of thiophene rings is 1. The van der Waals surface area contributed by atoms with Crippen molar-refractivity contribution in [3.05, 3.63) is 22.4 Å². The summed E-state index contributed by atoms with van der Waals surface area (Å²) < 4.78 is 0. The van der Waals surface area contributed by atoms with Crippen molar-refractivity contribution in [2.75, 3.05) is 26.2 Å². The average Bonchev–Trinajstić information content (AvgIpc) is 2.92. The number of carbonyl (C=O) groups is 1. The van der Waals surface area contributed by atoms with Crippen molar-refractivity contribution in [3.63, 3.8) is 0 Å². The number of carbonyl (C=O) groups excluding carboxylic acids is 1. The molecule has 0 spiro atoms. The number of thiocarbonyl (C=S) groups is 1. The van der Waals surface area contributed by atoms with Gasteiger partial charge in [0.2, 0.25) is 5.91 Å². The fourth-order valence-corrected chi connectivity index (χ4v) is 3.61. The second-order valence-corrected chi connectivity index (χ2v) is 6.50. The topological polar surface area (TPSA) is 49.6 Å². The first-order chi connectivity index (χ1) is 9.61. The summed E-state index contributed by atoms with van der Waals surface area (Å²) in [6.07, 6.45) is 1.45. The maximum atomic E-state index is 12.2. The summed E-state index contributed by atoms with van der Waals surface area (Å²) in [6, 6.07) is 4.16. The van der Waals surface area contributed by atoms with Gasteiger partial charge < -0.3 is 10.6 Å². The summed E-state index contributed by atoms with van der Waals surface area (Å²) in [4.78, 5) is 18.1. The van der Waals surface area contributed by atoms with E-state index in [2.05, 4.69) is 11.8 Å². The molecule has 1 saturated heterocycles. The van der Waals surface area contributed by atoms with Gasteiger partial charge in [-0.25, -0.2) is 0 Å². The van der Waals surface area contributed by atoms with E-state index >= 15 is 0 Å². The van der Waals surface area contributed by atoms with Gasteiger partial charge in [0.15, 0.2) is 0 Å². The molecule has 1 aromatic rings. The van der Waals surface area contributed by atoms with E-state index in [0.717, 1.165) is 37.5 Å². The Morgan fingerprint density at radius 3 is 2.65 bits per heavy atom. The van der Waals surface area contributed by atoms with Crippen LogP contribution in [0, 0.1) is 0 Å². The molecule has 0 bridgehead atoms. The number of piperazine rings is 1. The smallest absolute Gasteiger partial charge is 0.227 e. The lowest BCUT2D eigenvalue weighted by Crippen LogP contribution is -2.54. The summed E-state index contributed by atoms with van der Waals surface area (Å²) in [5.41, 5.74) is 5.77. The van der Waals surface area contributed by atoms with Crippen molar-refractivity contribution < 1.29 is 4.79 Å². The van der Waals surface area contributed by atoms with Crippen molar-refractivity contribution >= 4 is 34.5 Å². The molecule has 2 heterocycles. The monoisotopic (exact) mass is 311 g/mol. The van der Waals surface area contributed by atoms with Crippen LogP contribution in [-0.2, 0) is 11.2 Å². The Hall–Kier alpha value is -0.980. The summed E-state index contributed by atoms with van der Waals surface area (Å²) in [7, 11) is 0. The lowest BCUT2D eigenvalue weighted by Gasteiger charge is -2.38. The number of amides is 1. The first-order valence-corrected chi connectivity index (χ1v) is 8.24. The second-order valence-electron chi connectivity index (χ2n) is 5.00. The Morgan fingerprint density at radius 2 is 2.15 bits per heavy atom. The molecule has 6 heteroatoms. The van der Waals surface area contributed by atoms with Gasteiger partial charge in [-0.15, -0.1) is 11.3 Å². The zero-order chi connectivity index (χ0) is 14.5. The van der Waals surface area contributed by atoms with Gasteiger partial charge in [-0.2, -0.15) is 0 Å². The zero-order valence-electron chi connectivity index (χ0n) is 11.7. The highest BCUT2D eigenvalue weighted by molar-refractivity contribution is 7.80. The van der Waals surface area contributed by atoms with Gasteiger partial charge in [0.25, 0.3) is 0 Å². The highest BCUT2D eigenvalue weighted by Gasteiger charge is 2.26. The van der Waals surface area contributed by atoms with Gasteiger partial charge >= 0.3 is 0 Å². The average molecular weight is 311 g/mol. The minimum absolute atomic E-state index is 0.166. The number of rotatable bonds is 5. The Labute approximate surface area is 129 Å². The molecule has 0 aliphatic carbocycles.